The number of aryl methyl sites for hydroxylation is 1. The van der Waals surface area contributed by atoms with E-state index < -0.39 is 10.0 Å². The van der Waals surface area contributed by atoms with E-state index in [2.05, 4.69) is 16.9 Å². The summed E-state index contributed by atoms with van der Waals surface area (Å²) < 4.78 is 28.3. The standard InChI is InChI=1S/C25H32N2O3S/c1-27(25(28)16-10-9-13-21-11-5-4-6-12-21)23-17-19-24(20-18-23)31(29,30)26-22-14-7-2-3-8-15-22/h4-6,10-12,16-20,22,26H,2-3,7-9,13-15H2,1H3/b16-10+. The lowest BCUT2D eigenvalue weighted by Gasteiger charge is -2.18. The summed E-state index contributed by atoms with van der Waals surface area (Å²) in [4.78, 5) is 14.2. The number of rotatable bonds is 8. The van der Waals surface area contributed by atoms with Crippen molar-refractivity contribution in [2.24, 2.45) is 0 Å². The number of nitrogens with one attached hydrogen (secondary N) is 1. The highest BCUT2D eigenvalue weighted by Gasteiger charge is 2.21. The molecule has 0 heterocycles. The number of anilines is 1. The second kappa shape index (κ2) is 11.3. The van der Waals surface area contributed by atoms with Gasteiger partial charge in [0, 0.05) is 18.8 Å². The van der Waals surface area contributed by atoms with Crippen molar-refractivity contribution in [3.05, 3.63) is 72.3 Å². The minimum absolute atomic E-state index is 0.0115. The van der Waals surface area contributed by atoms with E-state index in [4.69, 9.17) is 0 Å². The normalized spacial score (nSPS) is 15.6. The molecule has 0 aliphatic heterocycles. The molecule has 31 heavy (non-hydrogen) atoms. The van der Waals surface area contributed by atoms with Crippen LogP contribution in [0.1, 0.15) is 50.5 Å². The van der Waals surface area contributed by atoms with Crippen LogP contribution in [0.25, 0.3) is 0 Å². The van der Waals surface area contributed by atoms with Crippen LogP contribution in [0.5, 0.6) is 0 Å². The van der Waals surface area contributed by atoms with Crippen LogP contribution >= 0.6 is 0 Å². The molecule has 1 N–H and O–H groups in total. The number of benzene rings is 2. The first-order chi connectivity index (χ1) is 15.0. The molecule has 1 saturated carbocycles. The number of carbonyl (C=O) groups excluding carboxylic acids is 1. The SMILES string of the molecule is CN(C(=O)/C=C/CCc1ccccc1)c1ccc(S(=O)(=O)NC2CCCCCC2)cc1. The molecule has 0 aromatic heterocycles. The lowest BCUT2D eigenvalue weighted by molar-refractivity contribution is -0.113. The number of carbonyl (C=O) groups is 1. The highest BCUT2D eigenvalue weighted by atomic mass is 32.2. The lowest BCUT2D eigenvalue weighted by Crippen LogP contribution is -2.34. The fraction of sp³-hybridized carbons (Fsp3) is 0.400. The molecule has 0 atom stereocenters. The van der Waals surface area contributed by atoms with Gasteiger partial charge in [0.15, 0.2) is 0 Å². The Morgan fingerprint density at radius 1 is 1.00 bits per heavy atom. The number of amides is 1. The molecule has 0 spiro atoms. The van der Waals surface area contributed by atoms with Gasteiger partial charge in [0.2, 0.25) is 15.9 Å². The van der Waals surface area contributed by atoms with E-state index in [1.807, 2.05) is 24.3 Å². The van der Waals surface area contributed by atoms with Crippen LogP contribution in [-0.2, 0) is 21.2 Å². The third-order valence-corrected chi connectivity index (χ3v) is 7.28. The molecule has 1 aliphatic rings. The van der Waals surface area contributed by atoms with Gasteiger partial charge in [0.1, 0.15) is 0 Å². The van der Waals surface area contributed by atoms with Crippen LogP contribution in [0.3, 0.4) is 0 Å². The van der Waals surface area contributed by atoms with Gasteiger partial charge in [-0.05, 0) is 61.6 Å². The predicted octanol–water partition coefficient (Wildman–Crippen LogP) is 4.84. The molecule has 2 aromatic rings. The van der Waals surface area contributed by atoms with Crippen LogP contribution in [0.4, 0.5) is 5.69 Å². The molecule has 1 aliphatic carbocycles. The van der Waals surface area contributed by atoms with Crippen LogP contribution in [0, 0.1) is 0 Å². The van der Waals surface area contributed by atoms with E-state index in [0.29, 0.717) is 5.69 Å². The summed E-state index contributed by atoms with van der Waals surface area (Å²) in [6.07, 6.45) is 11.4. The quantitative estimate of drug-likeness (QED) is 0.472. The fourth-order valence-electron chi connectivity index (χ4n) is 3.85. The Morgan fingerprint density at radius 3 is 2.29 bits per heavy atom. The Hall–Kier alpha value is -2.44. The zero-order valence-corrected chi connectivity index (χ0v) is 19.0. The highest BCUT2D eigenvalue weighted by Crippen LogP contribution is 2.21. The second-order valence-corrected chi connectivity index (χ2v) is 9.84. The van der Waals surface area contributed by atoms with E-state index in [-0.39, 0.29) is 16.8 Å². The first-order valence-electron chi connectivity index (χ1n) is 11.1. The number of sulfonamides is 1. The van der Waals surface area contributed by atoms with E-state index in [1.165, 1.54) is 23.3 Å². The summed E-state index contributed by atoms with van der Waals surface area (Å²) in [5.74, 6) is -0.139. The average Bonchev–Trinajstić information content (AvgIpc) is 3.05. The molecule has 1 amide bonds. The van der Waals surface area contributed by atoms with Gasteiger partial charge in [0.25, 0.3) is 0 Å². The van der Waals surface area contributed by atoms with Gasteiger partial charge in [-0.15, -0.1) is 0 Å². The Labute approximate surface area is 186 Å². The van der Waals surface area contributed by atoms with Crippen LogP contribution in [0.2, 0.25) is 0 Å². The summed E-state index contributed by atoms with van der Waals surface area (Å²) in [6, 6.07) is 16.6. The van der Waals surface area contributed by atoms with Crippen LogP contribution < -0.4 is 9.62 Å². The Bertz CT molecular complexity index is 962. The Kier molecular flexibility index (Phi) is 8.43. The van der Waals surface area contributed by atoms with E-state index in [9.17, 15) is 13.2 Å². The van der Waals surface area contributed by atoms with Crippen molar-refractivity contribution < 1.29 is 13.2 Å². The summed E-state index contributed by atoms with van der Waals surface area (Å²) in [6.45, 7) is 0. The first kappa shape index (κ1) is 23.2. The average molecular weight is 441 g/mol. The topological polar surface area (TPSA) is 66.5 Å². The third kappa shape index (κ3) is 7.04. The maximum atomic E-state index is 12.7. The minimum atomic E-state index is -3.55. The summed E-state index contributed by atoms with van der Waals surface area (Å²) >= 11 is 0. The molecular formula is C25H32N2O3S. The Morgan fingerprint density at radius 2 is 1.65 bits per heavy atom. The van der Waals surface area contributed by atoms with Gasteiger partial charge in [-0.1, -0.05) is 62.1 Å². The zero-order chi connectivity index (χ0) is 22.1. The van der Waals surface area contributed by atoms with E-state index in [0.717, 1.165) is 38.5 Å². The maximum absolute atomic E-state index is 12.7. The molecular weight excluding hydrogens is 408 g/mol. The molecule has 0 unspecified atom stereocenters. The van der Waals surface area contributed by atoms with Gasteiger partial charge >= 0.3 is 0 Å². The molecule has 0 saturated heterocycles. The van der Waals surface area contributed by atoms with Gasteiger partial charge in [-0.2, -0.15) is 0 Å². The molecule has 0 radical (unpaired) electrons. The summed E-state index contributed by atoms with van der Waals surface area (Å²) in [5.41, 5.74) is 1.90. The van der Waals surface area contributed by atoms with Crippen LogP contribution in [-0.4, -0.2) is 27.4 Å². The number of hydrogen-bond acceptors (Lipinski definition) is 3. The van der Waals surface area contributed by atoms with E-state index in [1.54, 1.807) is 37.4 Å². The van der Waals surface area contributed by atoms with Crippen molar-refractivity contribution in [3.8, 4) is 0 Å². The van der Waals surface area contributed by atoms with Gasteiger partial charge in [-0.3, -0.25) is 4.79 Å². The molecule has 2 aromatic carbocycles. The zero-order valence-electron chi connectivity index (χ0n) is 18.2. The van der Waals surface area contributed by atoms with Gasteiger partial charge in [-0.25, -0.2) is 13.1 Å². The van der Waals surface area contributed by atoms with Crippen molar-refractivity contribution in [3.63, 3.8) is 0 Å². The van der Waals surface area contributed by atoms with Crippen molar-refractivity contribution in [1.29, 1.82) is 0 Å². The number of hydrogen-bond donors (Lipinski definition) is 1. The Balaban J connectivity index is 1.55. The third-order valence-electron chi connectivity index (χ3n) is 5.74. The largest absolute Gasteiger partial charge is 0.312 e. The van der Waals surface area contributed by atoms with Crippen molar-refractivity contribution in [2.75, 3.05) is 11.9 Å². The molecule has 166 valence electrons. The lowest BCUT2D eigenvalue weighted by atomic mass is 10.1. The minimum Gasteiger partial charge on any atom is -0.312 e. The maximum Gasteiger partial charge on any atom is 0.250 e. The molecule has 6 heteroatoms. The van der Waals surface area contributed by atoms with Gasteiger partial charge < -0.3 is 4.90 Å². The van der Waals surface area contributed by atoms with Crippen molar-refractivity contribution >= 4 is 21.6 Å². The molecule has 5 nitrogen and oxygen atoms in total. The molecule has 1 fully saturated rings. The van der Waals surface area contributed by atoms with Gasteiger partial charge in [0.05, 0.1) is 4.90 Å². The smallest absolute Gasteiger partial charge is 0.250 e. The van der Waals surface area contributed by atoms with Crippen molar-refractivity contribution in [2.45, 2.75) is 62.3 Å². The molecule has 0 bridgehead atoms. The highest BCUT2D eigenvalue weighted by molar-refractivity contribution is 7.89. The molecule has 3 rings (SSSR count). The number of allylic oxidation sites excluding steroid dienone is 1. The summed E-state index contributed by atoms with van der Waals surface area (Å²) in [7, 11) is -1.86. The van der Waals surface area contributed by atoms with Crippen LogP contribution in [0.15, 0.2) is 71.6 Å². The first-order valence-corrected chi connectivity index (χ1v) is 12.5. The fourth-order valence-corrected chi connectivity index (χ4v) is 5.16. The number of nitrogens with zero attached hydrogens (tertiary/aromatic N) is 1. The predicted molar refractivity (Wildman–Crippen MR) is 126 cm³/mol. The van der Waals surface area contributed by atoms with Crippen molar-refractivity contribution in [1.82, 2.24) is 4.72 Å². The van der Waals surface area contributed by atoms with E-state index >= 15 is 0 Å². The second-order valence-electron chi connectivity index (χ2n) is 8.13. The summed E-state index contributed by atoms with van der Waals surface area (Å²) in [5, 5.41) is 0. The monoisotopic (exact) mass is 440 g/mol. The number of likely N-dealkylation sites (N-methyl/N-ethyl adjacent to an activating group) is 1.